The molecular formula is C11H16. The Labute approximate surface area is 69.0 Å². The van der Waals surface area contributed by atoms with Gasteiger partial charge >= 0.3 is 0 Å². The summed E-state index contributed by atoms with van der Waals surface area (Å²) in [4.78, 5) is 0. The second-order valence-electron chi connectivity index (χ2n) is 4.46. The Bertz CT molecular complexity index is 236. The molecule has 60 valence electrons. The molecule has 0 aromatic heterocycles. The van der Waals surface area contributed by atoms with Crippen LogP contribution in [0.3, 0.4) is 0 Å². The molecule has 3 atom stereocenters. The van der Waals surface area contributed by atoms with Crippen molar-refractivity contribution in [2.45, 2.75) is 26.7 Å². The average molecular weight is 148 g/mol. The Morgan fingerprint density at radius 1 is 1.45 bits per heavy atom. The zero-order valence-electron chi connectivity index (χ0n) is 7.48. The van der Waals surface area contributed by atoms with Gasteiger partial charge in [-0.3, -0.25) is 0 Å². The molecule has 3 unspecified atom stereocenters. The van der Waals surface area contributed by atoms with Gasteiger partial charge in [-0.2, -0.15) is 0 Å². The van der Waals surface area contributed by atoms with Gasteiger partial charge in [-0.25, -0.2) is 0 Å². The lowest BCUT2D eigenvalue weighted by Gasteiger charge is -2.46. The van der Waals surface area contributed by atoms with Gasteiger partial charge in [-0.15, -0.1) is 0 Å². The number of allylic oxidation sites excluding steroid dienone is 2. The Kier molecular flexibility index (Phi) is 1.17. The van der Waals surface area contributed by atoms with Crippen molar-refractivity contribution in [2.24, 2.45) is 17.3 Å². The number of rotatable bonds is 0. The smallest absolute Gasteiger partial charge is 0.00450 e. The molecule has 2 aliphatic carbocycles. The molecule has 0 radical (unpaired) electrons. The van der Waals surface area contributed by atoms with Gasteiger partial charge in [-0.05, 0) is 30.1 Å². The van der Waals surface area contributed by atoms with E-state index in [0.717, 1.165) is 11.8 Å². The van der Waals surface area contributed by atoms with Crippen LogP contribution >= 0.6 is 0 Å². The van der Waals surface area contributed by atoms with Crippen LogP contribution in [0.5, 0.6) is 0 Å². The van der Waals surface area contributed by atoms with E-state index in [1.54, 1.807) is 0 Å². The Hall–Kier alpha value is -0.520. The van der Waals surface area contributed by atoms with Gasteiger partial charge in [0, 0.05) is 0 Å². The molecule has 0 aliphatic heterocycles. The fourth-order valence-corrected chi connectivity index (χ4v) is 2.76. The molecular weight excluding hydrogens is 132 g/mol. The van der Waals surface area contributed by atoms with Crippen molar-refractivity contribution < 1.29 is 0 Å². The lowest BCUT2D eigenvalue weighted by Crippen LogP contribution is -2.37. The van der Waals surface area contributed by atoms with Gasteiger partial charge < -0.3 is 0 Å². The zero-order chi connectivity index (χ0) is 8.22. The molecule has 0 heterocycles. The minimum atomic E-state index is 0.441. The molecule has 2 rings (SSSR count). The van der Waals surface area contributed by atoms with Gasteiger partial charge in [0.2, 0.25) is 0 Å². The molecule has 0 nitrogen and oxygen atoms in total. The molecule has 2 saturated carbocycles. The predicted molar refractivity (Wildman–Crippen MR) is 48.3 cm³/mol. The molecule has 0 heteroatoms. The van der Waals surface area contributed by atoms with E-state index in [-0.39, 0.29) is 0 Å². The van der Waals surface area contributed by atoms with Crippen molar-refractivity contribution in [1.82, 2.24) is 0 Å². The normalized spacial score (nSPS) is 48.9. The molecule has 0 N–H and O–H groups in total. The lowest BCUT2D eigenvalue weighted by atomic mass is 9.58. The van der Waals surface area contributed by atoms with Crippen molar-refractivity contribution >= 4 is 0 Å². The third-order valence-electron chi connectivity index (χ3n) is 3.93. The van der Waals surface area contributed by atoms with E-state index in [2.05, 4.69) is 27.0 Å². The van der Waals surface area contributed by atoms with Crippen molar-refractivity contribution in [3.63, 3.8) is 0 Å². The fourth-order valence-electron chi connectivity index (χ4n) is 2.76. The summed E-state index contributed by atoms with van der Waals surface area (Å²) in [6.07, 6.45) is 2.44. The summed E-state index contributed by atoms with van der Waals surface area (Å²) < 4.78 is 0. The first kappa shape index (κ1) is 7.15. The first-order valence-corrected chi connectivity index (χ1v) is 4.41. The van der Waals surface area contributed by atoms with E-state index < -0.39 is 0 Å². The molecule has 0 amide bonds. The Morgan fingerprint density at radius 2 is 2.09 bits per heavy atom. The highest BCUT2D eigenvalue weighted by Crippen LogP contribution is 2.63. The second-order valence-corrected chi connectivity index (χ2v) is 4.46. The molecule has 11 heavy (non-hydrogen) atoms. The minimum Gasteiger partial charge on any atom is -0.0995 e. The molecule has 2 aliphatic rings. The Morgan fingerprint density at radius 3 is 2.45 bits per heavy atom. The summed E-state index contributed by atoms with van der Waals surface area (Å²) in [6, 6.07) is 0. The van der Waals surface area contributed by atoms with Crippen LogP contribution in [-0.2, 0) is 0 Å². The van der Waals surface area contributed by atoms with Crippen LogP contribution in [0.4, 0.5) is 0 Å². The first-order chi connectivity index (χ1) is 5.05. The topological polar surface area (TPSA) is 0 Å². The third kappa shape index (κ3) is 0.654. The van der Waals surface area contributed by atoms with Crippen LogP contribution in [0, 0.1) is 17.3 Å². The van der Waals surface area contributed by atoms with Crippen molar-refractivity contribution in [2.75, 3.05) is 0 Å². The molecule has 0 aromatic rings. The SMILES string of the molecule is C=C1CC2(C)C(=C)CC2C1C. The van der Waals surface area contributed by atoms with Gasteiger partial charge in [0.05, 0.1) is 0 Å². The maximum atomic E-state index is 4.11. The molecule has 0 aromatic carbocycles. The van der Waals surface area contributed by atoms with Gasteiger partial charge in [-0.1, -0.05) is 38.2 Å². The van der Waals surface area contributed by atoms with E-state index in [0.29, 0.717) is 5.41 Å². The van der Waals surface area contributed by atoms with Crippen LogP contribution in [0.2, 0.25) is 0 Å². The maximum Gasteiger partial charge on any atom is -0.00450 e. The lowest BCUT2D eigenvalue weighted by molar-refractivity contribution is 0.156. The number of hydrogen-bond donors (Lipinski definition) is 0. The van der Waals surface area contributed by atoms with E-state index in [1.807, 2.05) is 0 Å². The van der Waals surface area contributed by atoms with E-state index in [1.165, 1.54) is 24.0 Å². The van der Waals surface area contributed by atoms with Crippen molar-refractivity contribution in [3.05, 3.63) is 24.3 Å². The summed E-state index contributed by atoms with van der Waals surface area (Å²) in [5.74, 6) is 1.60. The molecule has 0 spiro atoms. The quantitative estimate of drug-likeness (QED) is 0.463. The van der Waals surface area contributed by atoms with Gasteiger partial charge in [0.1, 0.15) is 0 Å². The summed E-state index contributed by atoms with van der Waals surface area (Å²) in [5.41, 5.74) is 3.33. The number of hydrogen-bond acceptors (Lipinski definition) is 0. The van der Waals surface area contributed by atoms with Crippen LogP contribution in [0.1, 0.15) is 26.7 Å². The van der Waals surface area contributed by atoms with E-state index >= 15 is 0 Å². The van der Waals surface area contributed by atoms with Gasteiger partial charge in [0.25, 0.3) is 0 Å². The second kappa shape index (κ2) is 1.80. The standard InChI is InChI=1S/C11H16/c1-7-6-11(4)8(2)5-10(11)9(7)3/h9-10H,1-2,5-6H2,3-4H3. The fraction of sp³-hybridized carbons (Fsp3) is 0.636. The molecule has 0 bridgehead atoms. The Balaban J connectivity index is 2.32. The first-order valence-electron chi connectivity index (χ1n) is 4.41. The number of fused-ring (bicyclic) bond motifs is 1. The summed E-state index contributed by atoms with van der Waals surface area (Å²) >= 11 is 0. The van der Waals surface area contributed by atoms with Crippen LogP contribution in [-0.4, -0.2) is 0 Å². The summed E-state index contributed by atoms with van der Waals surface area (Å²) in [6.45, 7) is 12.9. The van der Waals surface area contributed by atoms with Crippen molar-refractivity contribution in [1.29, 1.82) is 0 Å². The summed E-state index contributed by atoms with van der Waals surface area (Å²) in [5, 5.41) is 0. The molecule has 0 saturated heterocycles. The third-order valence-corrected chi connectivity index (χ3v) is 3.93. The van der Waals surface area contributed by atoms with Crippen LogP contribution < -0.4 is 0 Å². The molecule has 2 fully saturated rings. The van der Waals surface area contributed by atoms with Crippen molar-refractivity contribution in [3.8, 4) is 0 Å². The largest absolute Gasteiger partial charge is 0.0995 e. The van der Waals surface area contributed by atoms with Crippen LogP contribution in [0.15, 0.2) is 24.3 Å². The van der Waals surface area contributed by atoms with E-state index in [9.17, 15) is 0 Å². The summed E-state index contributed by atoms with van der Waals surface area (Å²) in [7, 11) is 0. The maximum absolute atomic E-state index is 4.11. The average Bonchev–Trinajstić information content (AvgIpc) is 2.12. The monoisotopic (exact) mass is 148 g/mol. The highest BCUT2D eigenvalue weighted by molar-refractivity contribution is 5.33. The van der Waals surface area contributed by atoms with Gasteiger partial charge in [0.15, 0.2) is 0 Å². The minimum absolute atomic E-state index is 0.441. The highest BCUT2D eigenvalue weighted by Gasteiger charge is 2.53. The highest BCUT2D eigenvalue weighted by atomic mass is 14.6. The zero-order valence-corrected chi connectivity index (χ0v) is 7.48. The predicted octanol–water partition coefficient (Wildman–Crippen LogP) is 3.16. The van der Waals surface area contributed by atoms with Crippen LogP contribution in [0.25, 0.3) is 0 Å². The van der Waals surface area contributed by atoms with E-state index in [4.69, 9.17) is 0 Å².